The normalized spacial score (nSPS) is 10.1. The number of benzene rings is 1. The summed E-state index contributed by atoms with van der Waals surface area (Å²) in [5, 5.41) is 10.8. The summed E-state index contributed by atoms with van der Waals surface area (Å²) in [6, 6.07) is 3.72. The standard InChI is InChI=1S/C12H10FNO3.Na/c1-2-14-6-9(12(16)17)11(15)8-5-7(13)3-4-10(8)14;/h3-6H,2H2,1H3,(H,16,17);/q;+1/p-1. The number of nitrogens with zero attached hydrogens (tertiary/aromatic N) is 1. The van der Waals surface area contributed by atoms with Gasteiger partial charge in [-0.05, 0) is 25.1 Å². The van der Waals surface area contributed by atoms with Gasteiger partial charge in [0.25, 0.3) is 0 Å². The Kier molecular flexibility index (Phi) is 4.67. The number of fused-ring (bicyclic) bond motifs is 1. The first-order chi connectivity index (χ1) is 8.04. The molecule has 18 heavy (non-hydrogen) atoms. The van der Waals surface area contributed by atoms with Crippen LogP contribution in [0.2, 0.25) is 0 Å². The molecule has 2 rings (SSSR count). The summed E-state index contributed by atoms with van der Waals surface area (Å²) < 4.78 is 14.6. The first-order valence-corrected chi connectivity index (χ1v) is 5.08. The van der Waals surface area contributed by atoms with E-state index in [-0.39, 0.29) is 34.9 Å². The van der Waals surface area contributed by atoms with E-state index in [1.54, 1.807) is 11.5 Å². The number of aryl methyl sites for hydroxylation is 1. The van der Waals surface area contributed by atoms with Crippen LogP contribution in [0.1, 0.15) is 17.3 Å². The van der Waals surface area contributed by atoms with Gasteiger partial charge in [-0.1, -0.05) is 0 Å². The summed E-state index contributed by atoms with van der Waals surface area (Å²) >= 11 is 0. The summed E-state index contributed by atoms with van der Waals surface area (Å²) in [5.74, 6) is -2.13. The van der Waals surface area contributed by atoms with Crippen LogP contribution in [0.5, 0.6) is 0 Å². The molecule has 0 aliphatic heterocycles. The Labute approximate surface area is 124 Å². The number of rotatable bonds is 2. The van der Waals surface area contributed by atoms with Gasteiger partial charge in [0.1, 0.15) is 5.82 Å². The Morgan fingerprint density at radius 2 is 2.11 bits per heavy atom. The Bertz CT molecular complexity index is 666. The number of hydrogen-bond acceptors (Lipinski definition) is 3. The van der Waals surface area contributed by atoms with E-state index >= 15 is 0 Å². The summed E-state index contributed by atoms with van der Waals surface area (Å²) in [5.41, 5.74) is -0.668. The predicted octanol–water partition coefficient (Wildman–Crippen LogP) is -2.47. The fourth-order valence-electron chi connectivity index (χ4n) is 1.78. The van der Waals surface area contributed by atoms with E-state index in [1.807, 2.05) is 0 Å². The van der Waals surface area contributed by atoms with Crippen molar-refractivity contribution in [3.05, 3.63) is 46.0 Å². The van der Waals surface area contributed by atoms with Crippen LogP contribution >= 0.6 is 0 Å². The monoisotopic (exact) mass is 257 g/mol. The second-order valence-corrected chi connectivity index (χ2v) is 3.61. The van der Waals surface area contributed by atoms with E-state index in [2.05, 4.69) is 0 Å². The maximum atomic E-state index is 13.1. The van der Waals surface area contributed by atoms with E-state index in [4.69, 9.17) is 0 Å². The van der Waals surface area contributed by atoms with E-state index < -0.39 is 22.8 Å². The molecule has 6 heteroatoms. The first kappa shape index (κ1) is 14.9. The molecule has 0 unspecified atom stereocenters. The van der Waals surface area contributed by atoms with Crippen LogP contribution in [0.25, 0.3) is 10.9 Å². The number of halogens is 1. The molecule has 0 amide bonds. The molecule has 0 spiro atoms. The average molecular weight is 257 g/mol. The fraction of sp³-hybridized carbons (Fsp3) is 0.167. The van der Waals surface area contributed by atoms with E-state index in [0.29, 0.717) is 12.1 Å². The molecule has 4 nitrogen and oxygen atoms in total. The first-order valence-electron chi connectivity index (χ1n) is 5.08. The SMILES string of the molecule is CCn1cc(C(=O)[O-])c(=O)c2cc(F)ccc21.[Na+]. The number of pyridine rings is 1. The molecule has 0 fully saturated rings. The van der Waals surface area contributed by atoms with E-state index in [1.165, 1.54) is 18.3 Å². The molecule has 1 aromatic carbocycles. The summed E-state index contributed by atoms with van der Waals surface area (Å²) in [4.78, 5) is 22.6. The topological polar surface area (TPSA) is 62.1 Å². The number of carboxylic acids is 1. The van der Waals surface area contributed by atoms with Gasteiger partial charge in [0, 0.05) is 18.1 Å². The molecule has 88 valence electrons. The molecule has 1 heterocycles. The van der Waals surface area contributed by atoms with Crippen molar-refractivity contribution in [2.75, 3.05) is 0 Å². The van der Waals surface area contributed by atoms with Gasteiger partial charge in [0.05, 0.1) is 17.0 Å². The van der Waals surface area contributed by atoms with Crippen molar-refractivity contribution in [3.63, 3.8) is 0 Å². The largest absolute Gasteiger partial charge is 1.00 e. The Morgan fingerprint density at radius 3 is 2.67 bits per heavy atom. The minimum absolute atomic E-state index is 0. The molecule has 0 aliphatic rings. The molecule has 1 aromatic heterocycles. The Morgan fingerprint density at radius 1 is 1.44 bits per heavy atom. The van der Waals surface area contributed by atoms with Gasteiger partial charge in [0.2, 0.25) is 0 Å². The third kappa shape index (κ3) is 2.48. The van der Waals surface area contributed by atoms with Gasteiger partial charge in [0.15, 0.2) is 5.43 Å². The molecule has 0 bridgehead atoms. The maximum absolute atomic E-state index is 13.1. The zero-order valence-electron chi connectivity index (χ0n) is 10.1. The van der Waals surface area contributed by atoms with Crippen LogP contribution in [-0.4, -0.2) is 10.5 Å². The Balaban J connectivity index is 0.00000162. The minimum Gasteiger partial charge on any atom is -0.545 e. The van der Waals surface area contributed by atoms with Crippen molar-refractivity contribution in [3.8, 4) is 0 Å². The van der Waals surface area contributed by atoms with Gasteiger partial charge in [-0.2, -0.15) is 0 Å². The van der Waals surface area contributed by atoms with Crippen molar-refractivity contribution >= 4 is 16.9 Å². The number of aromatic nitrogens is 1. The van der Waals surface area contributed by atoms with Crippen molar-refractivity contribution in [2.24, 2.45) is 0 Å². The number of aromatic carboxylic acids is 1. The van der Waals surface area contributed by atoms with Crippen molar-refractivity contribution < 1.29 is 43.8 Å². The second-order valence-electron chi connectivity index (χ2n) is 3.61. The summed E-state index contributed by atoms with van der Waals surface area (Å²) in [7, 11) is 0. The van der Waals surface area contributed by atoms with Gasteiger partial charge in [-0.25, -0.2) is 4.39 Å². The third-order valence-electron chi connectivity index (χ3n) is 2.60. The van der Waals surface area contributed by atoms with Crippen molar-refractivity contribution in [1.82, 2.24) is 4.57 Å². The zero-order chi connectivity index (χ0) is 12.6. The van der Waals surface area contributed by atoms with Crippen LogP contribution in [-0.2, 0) is 6.54 Å². The average Bonchev–Trinajstić information content (AvgIpc) is 2.29. The van der Waals surface area contributed by atoms with Crippen LogP contribution in [0, 0.1) is 5.82 Å². The quantitative estimate of drug-likeness (QED) is 0.560. The maximum Gasteiger partial charge on any atom is 1.00 e. The molecule has 0 saturated heterocycles. The van der Waals surface area contributed by atoms with Crippen LogP contribution in [0.3, 0.4) is 0 Å². The third-order valence-corrected chi connectivity index (χ3v) is 2.60. The van der Waals surface area contributed by atoms with Crippen molar-refractivity contribution in [2.45, 2.75) is 13.5 Å². The minimum atomic E-state index is -1.55. The van der Waals surface area contributed by atoms with Crippen LogP contribution in [0.4, 0.5) is 4.39 Å². The molecule has 0 radical (unpaired) electrons. The molecule has 2 aromatic rings. The number of hydrogen-bond donors (Lipinski definition) is 0. The fourth-order valence-corrected chi connectivity index (χ4v) is 1.78. The van der Waals surface area contributed by atoms with Gasteiger partial charge in [-0.15, -0.1) is 0 Å². The van der Waals surface area contributed by atoms with Gasteiger partial charge < -0.3 is 14.5 Å². The molecular formula is C12H9FNNaO3. The molecule has 0 atom stereocenters. The smallest absolute Gasteiger partial charge is 0.545 e. The summed E-state index contributed by atoms with van der Waals surface area (Å²) in [6.45, 7) is 2.27. The van der Waals surface area contributed by atoms with E-state index in [0.717, 1.165) is 6.07 Å². The molecule has 0 saturated carbocycles. The second kappa shape index (κ2) is 5.65. The molecular weight excluding hydrogens is 248 g/mol. The predicted molar refractivity (Wildman–Crippen MR) is 58.2 cm³/mol. The summed E-state index contributed by atoms with van der Waals surface area (Å²) in [6.07, 6.45) is 1.22. The number of carbonyl (C=O) groups excluding carboxylic acids is 1. The molecule has 0 N–H and O–H groups in total. The van der Waals surface area contributed by atoms with Crippen LogP contribution < -0.4 is 40.1 Å². The van der Waals surface area contributed by atoms with Gasteiger partial charge in [-0.3, -0.25) is 4.79 Å². The van der Waals surface area contributed by atoms with Crippen molar-refractivity contribution in [1.29, 1.82) is 0 Å². The zero-order valence-corrected chi connectivity index (χ0v) is 12.1. The number of carboxylic acid groups (broad SMARTS) is 1. The molecule has 0 aliphatic carbocycles. The van der Waals surface area contributed by atoms with Crippen LogP contribution in [0.15, 0.2) is 29.2 Å². The Hall–Kier alpha value is -1.17. The van der Waals surface area contributed by atoms with E-state index in [9.17, 15) is 19.1 Å². The number of carbonyl (C=O) groups is 1. The van der Waals surface area contributed by atoms with Gasteiger partial charge >= 0.3 is 29.6 Å².